The topological polar surface area (TPSA) is 108 Å². The van der Waals surface area contributed by atoms with Crippen molar-refractivity contribution in [3.8, 4) is 5.88 Å². The molecule has 0 aliphatic carbocycles. The number of carbonyl (C=O) groups excluding carboxylic acids is 2. The van der Waals surface area contributed by atoms with Crippen molar-refractivity contribution in [3.63, 3.8) is 0 Å². The molecule has 1 rings (SSSR count). The molecule has 1 aromatic heterocycles. The fourth-order valence-electron chi connectivity index (χ4n) is 1.12. The van der Waals surface area contributed by atoms with Crippen molar-refractivity contribution in [2.24, 2.45) is 0 Å². The van der Waals surface area contributed by atoms with Crippen LogP contribution in [0.4, 0.5) is 5.69 Å². The van der Waals surface area contributed by atoms with Crippen molar-refractivity contribution in [2.75, 3.05) is 11.9 Å². The normalized spacial score (nSPS) is 9.56. The number of H-pyrrole nitrogens is 1. The van der Waals surface area contributed by atoms with Crippen molar-refractivity contribution < 1.29 is 19.4 Å². The van der Waals surface area contributed by atoms with E-state index < -0.39 is 17.4 Å². The average molecular weight is 226 g/mol. The fourth-order valence-corrected chi connectivity index (χ4v) is 1.12. The molecular formula is C9H10N2O5. The Bertz CT molecular complexity index is 465. The molecule has 0 radical (unpaired) electrons. The molecule has 0 aliphatic heterocycles. The molecule has 0 aliphatic rings. The SMILES string of the molecule is CCOC(=O)c1cc(=O)[nH]c(O)c1NC=O. The van der Waals surface area contributed by atoms with Gasteiger partial charge in [-0.15, -0.1) is 0 Å². The number of anilines is 1. The number of aromatic amines is 1. The summed E-state index contributed by atoms with van der Waals surface area (Å²) in [6, 6.07) is 0.934. The van der Waals surface area contributed by atoms with Crippen molar-refractivity contribution in [1.29, 1.82) is 0 Å². The quantitative estimate of drug-likeness (QED) is 0.487. The molecule has 7 heteroatoms. The second-order valence-electron chi connectivity index (χ2n) is 2.75. The highest BCUT2D eigenvalue weighted by molar-refractivity contribution is 5.98. The minimum Gasteiger partial charge on any atom is -0.493 e. The predicted octanol–water partition coefficient (Wildman–Crippen LogP) is -0.175. The number of rotatable bonds is 4. The predicted molar refractivity (Wildman–Crippen MR) is 54.4 cm³/mol. The number of aromatic hydroxyl groups is 1. The maximum absolute atomic E-state index is 11.4. The molecule has 0 atom stereocenters. The summed E-state index contributed by atoms with van der Waals surface area (Å²) in [5.41, 5.74) is -1.06. The molecular weight excluding hydrogens is 216 g/mol. The Morgan fingerprint density at radius 2 is 2.38 bits per heavy atom. The Labute approximate surface area is 90.1 Å². The highest BCUT2D eigenvalue weighted by Gasteiger charge is 2.17. The summed E-state index contributed by atoms with van der Waals surface area (Å²) in [6.07, 6.45) is 0.274. The van der Waals surface area contributed by atoms with Crippen molar-refractivity contribution in [3.05, 3.63) is 22.0 Å². The van der Waals surface area contributed by atoms with Gasteiger partial charge in [0.2, 0.25) is 12.3 Å². The molecule has 0 unspecified atom stereocenters. The Morgan fingerprint density at radius 1 is 1.69 bits per heavy atom. The molecule has 7 nitrogen and oxygen atoms in total. The van der Waals surface area contributed by atoms with Gasteiger partial charge in [0.1, 0.15) is 5.69 Å². The van der Waals surface area contributed by atoms with Crippen molar-refractivity contribution in [2.45, 2.75) is 6.92 Å². The summed E-state index contributed by atoms with van der Waals surface area (Å²) in [6.45, 7) is 1.71. The van der Waals surface area contributed by atoms with Crippen LogP contribution >= 0.6 is 0 Å². The zero-order valence-corrected chi connectivity index (χ0v) is 8.44. The van der Waals surface area contributed by atoms with Crippen LogP contribution in [0.25, 0.3) is 0 Å². The van der Waals surface area contributed by atoms with Crippen LogP contribution in [0.15, 0.2) is 10.9 Å². The summed E-state index contributed by atoms with van der Waals surface area (Å²) in [7, 11) is 0. The van der Waals surface area contributed by atoms with Crippen LogP contribution in [0.3, 0.4) is 0 Å². The highest BCUT2D eigenvalue weighted by Crippen LogP contribution is 2.22. The number of hydrogen-bond donors (Lipinski definition) is 3. The molecule has 0 aromatic carbocycles. The monoisotopic (exact) mass is 226 g/mol. The third-order valence-electron chi connectivity index (χ3n) is 1.72. The summed E-state index contributed by atoms with van der Waals surface area (Å²) < 4.78 is 4.67. The molecule has 0 saturated heterocycles. The van der Waals surface area contributed by atoms with Gasteiger partial charge >= 0.3 is 5.97 Å². The Kier molecular flexibility index (Phi) is 3.65. The van der Waals surface area contributed by atoms with E-state index in [0.29, 0.717) is 0 Å². The van der Waals surface area contributed by atoms with E-state index in [2.05, 4.69) is 10.1 Å². The number of aromatic nitrogens is 1. The largest absolute Gasteiger partial charge is 0.493 e. The second kappa shape index (κ2) is 4.96. The number of ether oxygens (including phenoxy) is 1. The van der Waals surface area contributed by atoms with Crippen LogP contribution in [0.2, 0.25) is 0 Å². The van der Waals surface area contributed by atoms with Crippen LogP contribution in [0.1, 0.15) is 17.3 Å². The molecule has 0 bridgehead atoms. The van der Waals surface area contributed by atoms with Crippen LogP contribution in [0.5, 0.6) is 5.88 Å². The summed E-state index contributed by atoms with van der Waals surface area (Å²) >= 11 is 0. The third-order valence-corrected chi connectivity index (χ3v) is 1.72. The van der Waals surface area contributed by atoms with Crippen LogP contribution < -0.4 is 10.9 Å². The summed E-state index contributed by atoms with van der Waals surface area (Å²) in [4.78, 5) is 34.7. The van der Waals surface area contributed by atoms with Gasteiger partial charge < -0.3 is 15.2 Å². The first-order chi connectivity index (χ1) is 7.60. The Balaban J connectivity index is 3.28. The summed E-state index contributed by atoms with van der Waals surface area (Å²) in [5, 5.41) is 11.4. The molecule has 1 heterocycles. The lowest BCUT2D eigenvalue weighted by Gasteiger charge is -2.08. The number of carbonyl (C=O) groups is 2. The van der Waals surface area contributed by atoms with E-state index in [1.165, 1.54) is 0 Å². The van der Waals surface area contributed by atoms with Crippen molar-refractivity contribution >= 4 is 18.1 Å². The van der Waals surface area contributed by atoms with Gasteiger partial charge in [0, 0.05) is 6.07 Å². The van der Waals surface area contributed by atoms with E-state index in [1.54, 1.807) is 6.92 Å². The maximum Gasteiger partial charge on any atom is 0.340 e. The third kappa shape index (κ3) is 2.38. The first kappa shape index (κ1) is 11.8. The maximum atomic E-state index is 11.4. The first-order valence-corrected chi connectivity index (χ1v) is 4.43. The Morgan fingerprint density at radius 3 is 2.94 bits per heavy atom. The van der Waals surface area contributed by atoms with E-state index in [1.807, 2.05) is 4.98 Å². The number of amides is 1. The number of pyridine rings is 1. The van der Waals surface area contributed by atoms with E-state index in [9.17, 15) is 19.5 Å². The molecule has 16 heavy (non-hydrogen) atoms. The molecule has 1 amide bonds. The van der Waals surface area contributed by atoms with Gasteiger partial charge in [-0.05, 0) is 6.92 Å². The lowest BCUT2D eigenvalue weighted by molar-refractivity contribution is -0.105. The van der Waals surface area contributed by atoms with E-state index >= 15 is 0 Å². The lowest BCUT2D eigenvalue weighted by Crippen LogP contribution is -2.15. The number of nitrogens with one attached hydrogen (secondary N) is 2. The van der Waals surface area contributed by atoms with Gasteiger partial charge in [-0.1, -0.05) is 0 Å². The second-order valence-corrected chi connectivity index (χ2v) is 2.75. The Hall–Kier alpha value is -2.31. The smallest absolute Gasteiger partial charge is 0.340 e. The van der Waals surface area contributed by atoms with Crippen LogP contribution in [-0.2, 0) is 9.53 Å². The number of hydrogen-bond acceptors (Lipinski definition) is 5. The van der Waals surface area contributed by atoms with E-state index in [-0.39, 0.29) is 24.3 Å². The summed E-state index contributed by atoms with van der Waals surface area (Å²) in [5.74, 6) is -1.39. The molecule has 86 valence electrons. The van der Waals surface area contributed by atoms with Crippen LogP contribution in [-0.4, -0.2) is 29.1 Å². The van der Waals surface area contributed by atoms with Gasteiger partial charge in [0.25, 0.3) is 5.56 Å². The molecule has 3 N–H and O–H groups in total. The zero-order chi connectivity index (χ0) is 12.1. The first-order valence-electron chi connectivity index (χ1n) is 4.43. The average Bonchev–Trinajstić information content (AvgIpc) is 2.22. The molecule has 0 saturated carbocycles. The standard InChI is InChI=1S/C9H10N2O5/c1-2-16-9(15)5-3-6(13)11-8(14)7(5)10-4-12/h3-4H,2H2,1H3,(H,10,12)(H2,11,13,14). The van der Waals surface area contributed by atoms with Gasteiger partial charge in [0.15, 0.2) is 0 Å². The number of esters is 1. The van der Waals surface area contributed by atoms with Crippen molar-refractivity contribution in [1.82, 2.24) is 4.98 Å². The molecule has 0 fully saturated rings. The van der Waals surface area contributed by atoms with Gasteiger partial charge in [-0.3, -0.25) is 14.6 Å². The van der Waals surface area contributed by atoms with Gasteiger partial charge in [-0.25, -0.2) is 4.79 Å². The molecule has 1 aromatic rings. The van der Waals surface area contributed by atoms with Gasteiger partial charge in [0.05, 0.1) is 12.2 Å². The fraction of sp³-hybridized carbons (Fsp3) is 0.222. The zero-order valence-electron chi connectivity index (χ0n) is 8.44. The van der Waals surface area contributed by atoms with Gasteiger partial charge in [-0.2, -0.15) is 0 Å². The highest BCUT2D eigenvalue weighted by atomic mass is 16.5. The minimum absolute atomic E-state index is 0.118. The van der Waals surface area contributed by atoms with Crippen LogP contribution in [0, 0.1) is 0 Å². The molecule has 0 spiro atoms. The van der Waals surface area contributed by atoms with E-state index in [4.69, 9.17) is 0 Å². The van der Waals surface area contributed by atoms with E-state index in [0.717, 1.165) is 6.07 Å². The lowest BCUT2D eigenvalue weighted by atomic mass is 10.2. The minimum atomic E-state index is -0.798.